The van der Waals surface area contributed by atoms with E-state index in [1.807, 2.05) is 0 Å². The second-order valence-corrected chi connectivity index (χ2v) is 5.60. The predicted molar refractivity (Wildman–Crippen MR) is 89.2 cm³/mol. The zero-order valence-corrected chi connectivity index (χ0v) is 13.9. The number of hydrogen-bond acceptors (Lipinski definition) is 2. The van der Waals surface area contributed by atoms with Gasteiger partial charge in [-0.2, -0.15) is 17.6 Å². The van der Waals surface area contributed by atoms with Gasteiger partial charge in [-0.25, -0.2) is 9.18 Å². The minimum atomic E-state index is -4.33. The minimum absolute atomic E-state index is 0.0519. The number of benzene rings is 2. The quantitative estimate of drug-likeness (QED) is 0.391. The van der Waals surface area contributed by atoms with E-state index in [0.717, 1.165) is 12.1 Å². The van der Waals surface area contributed by atoms with Crippen LogP contribution in [0.2, 0.25) is 0 Å². The van der Waals surface area contributed by atoms with E-state index in [9.17, 15) is 26.7 Å². The number of ether oxygens (including phenoxy) is 1. The Balaban J connectivity index is 2.11. The van der Waals surface area contributed by atoms with Gasteiger partial charge in [-0.3, -0.25) is 0 Å². The Kier molecular flexibility index (Phi) is 6.55. The molecule has 0 aliphatic carbocycles. The van der Waals surface area contributed by atoms with E-state index in [1.54, 1.807) is 0 Å². The fourth-order valence-corrected chi connectivity index (χ4v) is 2.26. The Morgan fingerprint density at radius 1 is 1.04 bits per heavy atom. The molecular weight excluding hydrogens is 371 g/mol. The Morgan fingerprint density at radius 3 is 2.30 bits per heavy atom. The molecule has 0 unspecified atom stereocenters. The van der Waals surface area contributed by atoms with Crippen molar-refractivity contribution < 1.29 is 36.6 Å². The maximum Gasteiger partial charge on any atom is 0.389 e. The molecule has 0 radical (unpaired) electrons. The van der Waals surface area contributed by atoms with Crippen molar-refractivity contribution in [2.24, 2.45) is 0 Å². The molecular formula is C19H15F5O3. The predicted octanol–water partition coefficient (Wildman–Crippen LogP) is 5.45. The Labute approximate surface area is 151 Å². The maximum atomic E-state index is 14.3. The lowest BCUT2D eigenvalue weighted by atomic mass is 10.0. The molecule has 0 saturated carbocycles. The Morgan fingerprint density at radius 2 is 1.70 bits per heavy atom. The van der Waals surface area contributed by atoms with Gasteiger partial charge in [0.15, 0.2) is 11.6 Å². The fraction of sp³-hybridized carbons (Fsp3) is 0.211. The van der Waals surface area contributed by atoms with Gasteiger partial charge in [0.05, 0.1) is 6.61 Å². The first-order valence-corrected chi connectivity index (χ1v) is 7.86. The third-order valence-electron chi connectivity index (χ3n) is 3.55. The summed E-state index contributed by atoms with van der Waals surface area (Å²) in [6, 6.07) is 8.47. The van der Waals surface area contributed by atoms with Gasteiger partial charge in [-0.1, -0.05) is 24.3 Å². The van der Waals surface area contributed by atoms with Gasteiger partial charge >= 0.3 is 12.1 Å². The largest absolute Gasteiger partial charge is 0.490 e. The van der Waals surface area contributed by atoms with Crippen LogP contribution in [0.5, 0.6) is 5.75 Å². The normalized spacial score (nSPS) is 11.7. The summed E-state index contributed by atoms with van der Waals surface area (Å²) in [7, 11) is 0. The summed E-state index contributed by atoms with van der Waals surface area (Å²) >= 11 is 0. The molecule has 0 atom stereocenters. The van der Waals surface area contributed by atoms with Crippen molar-refractivity contribution in [2.75, 3.05) is 6.61 Å². The third-order valence-corrected chi connectivity index (χ3v) is 3.55. The molecule has 2 rings (SSSR count). The number of rotatable bonds is 7. The molecule has 0 spiro atoms. The van der Waals surface area contributed by atoms with Crippen LogP contribution in [0.4, 0.5) is 22.0 Å². The van der Waals surface area contributed by atoms with Crippen molar-refractivity contribution in [2.45, 2.75) is 19.0 Å². The highest BCUT2D eigenvalue weighted by Crippen LogP contribution is 2.30. The fourth-order valence-electron chi connectivity index (χ4n) is 2.26. The molecule has 0 amide bonds. The molecule has 8 heteroatoms. The van der Waals surface area contributed by atoms with Crippen molar-refractivity contribution >= 4 is 12.0 Å². The van der Waals surface area contributed by atoms with Crippen molar-refractivity contribution in [1.29, 1.82) is 0 Å². The number of carbonyl (C=O) groups is 1. The van der Waals surface area contributed by atoms with E-state index in [2.05, 4.69) is 0 Å². The van der Waals surface area contributed by atoms with E-state index < -0.39 is 36.0 Å². The molecule has 0 saturated heterocycles. The molecule has 0 aromatic heterocycles. The summed E-state index contributed by atoms with van der Waals surface area (Å²) in [5.41, 5.74) is 0.859. The zero-order valence-electron chi connectivity index (χ0n) is 13.9. The lowest BCUT2D eigenvalue weighted by Crippen LogP contribution is -2.10. The van der Waals surface area contributed by atoms with Crippen LogP contribution in [-0.4, -0.2) is 23.9 Å². The lowest BCUT2D eigenvalue weighted by Gasteiger charge is -2.11. The first-order chi connectivity index (χ1) is 12.7. The first-order valence-electron chi connectivity index (χ1n) is 7.86. The molecule has 0 heterocycles. The first kappa shape index (κ1) is 20.4. The number of hydrogen-bond donors (Lipinski definition) is 1. The minimum Gasteiger partial charge on any atom is -0.490 e. The van der Waals surface area contributed by atoms with Crippen LogP contribution in [0.25, 0.3) is 17.2 Å². The topological polar surface area (TPSA) is 46.5 Å². The highest BCUT2D eigenvalue weighted by molar-refractivity contribution is 5.85. The molecule has 3 nitrogen and oxygen atoms in total. The molecule has 27 heavy (non-hydrogen) atoms. The Hall–Kier alpha value is -2.90. The second kappa shape index (κ2) is 8.66. The smallest absolute Gasteiger partial charge is 0.389 e. The molecule has 0 aliphatic heterocycles. The summed E-state index contributed by atoms with van der Waals surface area (Å²) in [4.78, 5) is 10.5. The van der Waals surface area contributed by atoms with E-state index in [1.165, 1.54) is 36.4 Å². The number of carboxylic acid groups (broad SMARTS) is 1. The lowest BCUT2D eigenvalue weighted by molar-refractivity contribution is -0.136. The van der Waals surface area contributed by atoms with Gasteiger partial charge in [0.2, 0.25) is 5.82 Å². The van der Waals surface area contributed by atoms with Gasteiger partial charge in [0.1, 0.15) is 0 Å². The standard InChI is InChI=1S/C19H15F5O3/c20-17-14(13-5-2-12(3-6-13)4-9-16(25)26)7-8-15(18(17)21)27-11-1-10-19(22,23)24/h2-9H,1,10-11H2,(H,25,26)/b9-4+. The average Bonchev–Trinajstić information content (AvgIpc) is 2.60. The molecule has 2 aromatic rings. The van der Waals surface area contributed by atoms with Crippen LogP contribution in [0, 0.1) is 11.6 Å². The van der Waals surface area contributed by atoms with Gasteiger partial charge in [0.25, 0.3) is 0 Å². The molecule has 0 fully saturated rings. The van der Waals surface area contributed by atoms with Crippen LogP contribution in [0.15, 0.2) is 42.5 Å². The van der Waals surface area contributed by atoms with Gasteiger partial charge in [0, 0.05) is 18.1 Å². The summed E-state index contributed by atoms with van der Waals surface area (Å²) < 4.78 is 69.4. The average molecular weight is 386 g/mol. The number of carboxylic acids is 1. The van der Waals surface area contributed by atoms with Gasteiger partial charge in [-0.05, 0) is 35.8 Å². The van der Waals surface area contributed by atoms with Crippen molar-refractivity contribution in [3.8, 4) is 16.9 Å². The molecule has 0 aliphatic rings. The van der Waals surface area contributed by atoms with Gasteiger partial charge < -0.3 is 9.84 Å². The molecule has 2 aromatic carbocycles. The summed E-state index contributed by atoms with van der Waals surface area (Å²) in [6.07, 6.45) is -3.47. The molecule has 1 N–H and O–H groups in total. The Bertz CT molecular complexity index is 826. The summed E-state index contributed by atoms with van der Waals surface area (Å²) in [6.45, 7) is -0.389. The third kappa shape index (κ3) is 6.09. The highest BCUT2D eigenvalue weighted by Gasteiger charge is 2.26. The van der Waals surface area contributed by atoms with E-state index in [-0.39, 0.29) is 18.6 Å². The van der Waals surface area contributed by atoms with Gasteiger partial charge in [-0.15, -0.1) is 0 Å². The van der Waals surface area contributed by atoms with Crippen LogP contribution < -0.4 is 4.74 Å². The number of alkyl halides is 3. The van der Waals surface area contributed by atoms with Crippen LogP contribution >= 0.6 is 0 Å². The van der Waals surface area contributed by atoms with Crippen LogP contribution in [0.3, 0.4) is 0 Å². The van der Waals surface area contributed by atoms with Crippen molar-refractivity contribution in [3.63, 3.8) is 0 Å². The van der Waals surface area contributed by atoms with Crippen LogP contribution in [-0.2, 0) is 4.79 Å². The van der Waals surface area contributed by atoms with E-state index in [0.29, 0.717) is 11.1 Å². The second-order valence-electron chi connectivity index (χ2n) is 5.60. The van der Waals surface area contributed by atoms with Crippen molar-refractivity contribution in [1.82, 2.24) is 0 Å². The number of aliphatic carboxylic acids is 1. The zero-order chi connectivity index (χ0) is 20.0. The monoisotopic (exact) mass is 386 g/mol. The summed E-state index contributed by atoms with van der Waals surface area (Å²) in [5.74, 6) is -4.04. The maximum absolute atomic E-state index is 14.3. The van der Waals surface area contributed by atoms with Crippen molar-refractivity contribution in [3.05, 3.63) is 59.7 Å². The van der Waals surface area contributed by atoms with Crippen LogP contribution in [0.1, 0.15) is 18.4 Å². The highest BCUT2D eigenvalue weighted by atomic mass is 19.4. The molecule has 144 valence electrons. The summed E-state index contributed by atoms with van der Waals surface area (Å²) in [5, 5.41) is 8.57. The SMILES string of the molecule is O=C(O)/C=C/c1ccc(-c2ccc(OCCCC(F)(F)F)c(F)c2F)cc1. The van der Waals surface area contributed by atoms with E-state index in [4.69, 9.17) is 9.84 Å². The molecule has 0 bridgehead atoms. The van der Waals surface area contributed by atoms with E-state index >= 15 is 0 Å². The number of halogens is 5.